The summed E-state index contributed by atoms with van der Waals surface area (Å²) in [7, 11) is 0. The van der Waals surface area contributed by atoms with Crippen molar-refractivity contribution in [2.75, 3.05) is 6.61 Å². The Hall–Kier alpha value is -2.82. The van der Waals surface area contributed by atoms with Gasteiger partial charge in [0, 0.05) is 21.9 Å². The summed E-state index contributed by atoms with van der Waals surface area (Å²) in [4.78, 5) is 24.5. The molecule has 0 fully saturated rings. The van der Waals surface area contributed by atoms with Gasteiger partial charge in [0.15, 0.2) is 11.5 Å². The highest BCUT2D eigenvalue weighted by Crippen LogP contribution is 2.44. The van der Waals surface area contributed by atoms with E-state index in [2.05, 4.69) is 11.9 Å². The number of phenols is 1. The Kier molecular flexibility index (Phi) is 3.78. The van der Waals surface area contributed by atoms with E-state index in [0.717, 1.165) is 6.42 Å². The number of nitrogens with one attached hydrogen (secondary N) is 1. The first kappa shape index (κ1) is 15.1. The molecule has 0 bridgehead atoms. The van der Waals surface area contributed by atoms with Gasteiger partial charge in [-0.3, -0.25) is 14.9 Å². The van der Waals surface area contributed by atoms with Crippen LogP contribution in [0.5, 0.6) is 11.5 Å². The molecule has 0 atom stereocenters. The smallest absolute Gasteiger partial charge is 0.259 e. The van der Waals surface area contributed by atoms with Gasteiger partial charge in [-0.05, 0) is 12.5 Å². The van der Waals surface area contributed by atoms with E-state index in [1.54, 1.807) is 24.3 Å². The molecule has 0 aromatic heterocycles. The fourth-order valence-corrected chi connectivity index (χ4v) is 3.01. The van der Waals surface area contributed by atoms with Crippen LogP contribution in [0.3, 0.4) is 0 Å². The van der Waals surface area contributed by atoms with E-state index >= 15 is 0 Å². The molecule has 0 saturated heterocycles. The Morgan fingerprint density at radius 3 is 2.78 bits per heavy atom. The third-order valence-electron chi connectivity index (χ3n) is 3.90. The van der Waals surface area contributed by atoms with Gasteiger partial charge in [-0.15, -0.1) is 0 Å². The number of amides is 2. The number of carbonyl (C=O) groups is 2. The molecule has 0 unspecified atom stereocenters. The van der Waals surface area contributed by atoms with Crippen LogP contribution in [0.4, 0.5) is 0 Å². The second-order valence-corrected chi connectivity index (χ2v) is 5.39. The van der Waals surface area contributed by atoms with Crippen LogP contribution in [0, 0.1) is 0 Å². The van der Waals surface area contributed by atoms with E-state index in [0.29, 0.717) is 33.9 Å². The zero-order valence-electron chi connectivity index (χ0n) is 12.8. The highest BCUT2D eigenvalue weighted by atomic mass is 16.5. The first-order chi connectivity index (χ1) is 11.1. The molecule has 1 aliphatic rings. The summed E-state index contributed by atoms with van der Waals surface area (Å²) in [5.74, 6) is -0.658. The quantitative estimate of drug-likeness (QED) is 0.657. The zero-order chi connectivity index (χ0) is 16.6. The lowest BCUT2D eigenvalue weighted by Crippen LogP contribution is -2.35. The lowest BCUT2D eigenvalue weighted by atomic mass is 9.88. The summed E-state index contributed by atoms with van der Waals surface area (Å²) in [5, 5.41) is 13.9. The van der Waals surface area contributed by atoms with Gasteiger partial charge in [-0.1, -0.05) is 38.1 Å². The summed E-state index contributed by atoms with van der Waals surface area (Å²) in [6.45, 7) is 5.80. The van der Waals surface area contributed by atoms with Crippen molar-refractivity contribution in [2.24, 2.45) is 0 Å². The van der Waals surface area contributed by atoms with E-state index in [-0.39, 0.29) is 18.1 Å². The minimum atomic E-state index is -0.453. The molecule has 2 aromatic carbocycles. The number of carbonyl (C=O) groups excluding carboxylic acids is 2. The molecule has 23 heavy (non-hydrogen) atoms. The van der Waals surface area contributed by atoms with Gasteiger partial charge < -0.3 is 9.84 Å². The van der Waals surface area contributed by atoms with E-state index in [9.17, 15) is 14.7 Å². The van der Waals surface area contributed by atoms with Crippen LogP contribution in [0.15, 0.2) is 30.9 Å². The lowest BCUT2D eigenvalue weighted by Gasteiger charge is -2.23. The SMILES string of the molecule is C=CCOc1c(CCC)c2c3c(cccc3c1O)C(=O)NC2=O. The average molecular weight is 311 g/mol. The van der Waals surface area contributed by atoms with Gasteiger partial charge in [0.05, 0.1) is 5.56 Å². The van der Waals surface area contributed by atoms with E-state index < -0.39 is 11.8 Å². The average Bonchev–Trinajstić information content (AvgIpc) is 2.53. The Bertz CT molecular complexity index is 839. The van der Waals surface area contributed by atoms with Crippen LogP contribution >= 0.6 is 0 Å². The van der Waals surface area contributed by atoms with Gasteiger partial charge in [-0.2, -0.15) is 0 Å². The molecular weight excluding hydrogens is 294 g/mol. The van der Waals surface area contributed by atoms with Crippen LogP contribution in [-0.4, -0.2) is 23.5 Å². The molecule has 0 radical (unpaired) electrons. The Morgan fingerprint density at radius 2 is 2.09 bits per heavy atom. The molecule has 0 spiro atoms. The van der Waals surface area contributed by atoms with Gasteiger partial charge in [0.2, 0.25) is 0 Å². The maximum absolute atomic E-state index is 12.4. The van der Waals surface area contributed by atoms with Crippen LogP contribution < -0.4 is 10.1 Å². The number of hydrogen-bond acceptors (Lipinski definition) is 4. The third kappa shape index (κ3) is 2.25. The Morgan fingerprint density at radius 1 is 1.30 bits per heavy atom. The number of rotatable bonds is 5. The number of hydrogen-bond donors (Lipinski definition) is 2. The number of imide groups is 1. The highest BCUT2D eigenvalue weighted by molar-refractivity contribution is 6.27. The molecule has 5 heteroatoms. The number of aromatic hydroxyl groups is 1. The minimum Gasteiger partial charge on any atom is -0.504 e. The molecule has 1 heterocycles. The van der Waals surface area contributed by atoms with Crippen LogP contribution in [0.2, 0.25) is 0 Å². The van der Waals surface area contributed by atoms with Gasteiger partial charge in [0.1, 0.15) is 6.61 Å². The molecule has 3 rings (SSSR count). The molecule has 118 valence electrons. The van der Waals surface area contributed by atoms with Crippen molar-refractivity contribution in [1.82, 2.24) is 5.32 Å². The molecule has 0 saturated carbocycles. The van der Waals surface area contributed by atoms with Crippen molar-refractivity contribution in [3.05, 3.63) is 47.5 Å². The van der Waals surface area contributed by atoms with E-state index in [4.69, 9.17) is 4.74 Å². The number of benzene rings is 2. The zero-order valence-corrected chi connectivity index (χ0v) is 12.8. The van der Waals surface area contributed by atoms with E-state index in [1.807, 2.05) is 6.92 Å². The lowest BCUT2D eigenvalue weighted by molar-refractivity contribution is 0.0844. The molecule has 2 amide bonds. The van der Waals surface area contributed by atoms with Crippen molar-refractivity contribution in [1.29, 1.82) is 0 Å². The highest BCUT2D eigenvalue weighted by Gasteiger charge is 2.31. The predicted octanol–water partition coefficient (Wildman–Crippen LogP) is 2.95. The topological polar surface area (TPSA) is 75.6 Å². The second-order valence-electron chi connectivity index (χ2n) is 5.39. The van der Waals surface area contributed by atoms with Crippen molar-refractivity contribution < 1.29 is 19.4 Å². The molecule has 5 nitrogen and oxygen atoms in total. The standard InChI is InChI=1S/C18H17NO4/c1-3-6-11-14-13-10(15(20)16(11)23-9-4-2)7-5-8-12(13)17(21)19-18(14)22/h4-5,7-8,20H,2-3,6,9H2,1H3,(H,19,21,22). The van der Waals surface area contributed by atoms with Crippen molar-refractivity contribution in [3.8, 4) is 11.5 Å². The molecule has 2 N–H and O–H groups in total. The summed E-state index contributed by atoms with van der Waals surface area (Å²) >= 11 is 0. The number of ether oxygens (including phenoxy) is 1. The van der Waals surface area contributed by atoms with Crippen LogP contribution in [0.25, 0.3) is 10.8 Å². The maximum atomic E-state index is 12.4. The van der Waals surface area contributed by atoms with Gasteiger partial charge >= 0.3 is 0 Å². The summed E-state index contributed by atoms with van der Waals surface area (Å²) < 4.78 is 5.63. The molecule has 0 aliphatic carbocycles. The largest absolute Gasteiger partial charge is 0.504 e. The fourth-order valence-electron chi connectivity index (χ4n) is 3.01. The van der Waals surface area contributed by atoms with Crippen molar-refractivity contribution in [2.45, 2.75) is 19.8 Å². The van der Waals surface area contributed by atoms with Crippen molar-refractivity contribution in [3.63, 3.8) is 0 Å². The van der Waals surface area contributed by atoms with Crippen LogP contribution in [0.1, 0.15) is 39.6 Å². The second kappa shape index (κ2) is 5.76. The van der Waals surface area contributed by atoms with E-state index in [1.165, 1.54) is 0 Å². The maximum Gasteiger partial charge on any atom is 0.259 e. The van der Waals surface area contributed by atoms with Crippen molar-refractivity contribution >= 4 is 22.6 Å². The summed E-state index contributed by atoms with van der Waals surface area (Å²) in [6.07, 6.45) is 2.90. The van der Waals surface area contributed by atoms with Gasteiger partial charge in [0.25, 0.3) is 11.8 Å². The van der Waals surface area contributed by atoms with Crippen LogP contribution in [-0.2, 0) is 6.42 Å². The minimum absolute atomic E-state index is 0.0431. The molecule has 2 aromatic rings. The first-order valence-electron chi connectivity index (χ1n) is 7.50. The first-order valence-corrected chi connectivity index (χ1v) is 7.50. The molecular formula is C18H17NO4. The normalized spacial score (nSPS) is 13.1. The number of phenolic OH excluding ortho intramolecular Hbond substituents is 1. The Balaban J connectivity index is 2.44. The summed E-state index contributed by atoms with van der Waals surface area (Å²) in [5.41, 5.74) is 1.42. The summed E-state index contributed by atoms with van der Waals surface area (Å²) in [6, 6.07) is 5.00. The fraction of sp³-hybridized carbons (Fsp3) is 0.222. The third-order valence-corrected chi connectivity index (χ3v) is 3.90. The van der Waals surface area contributed by atoms with Gasteiger partial charge in [-0.25, -0.2) is 0 Å². The predicted molar refractivity (Wildman–Crippen MR) is 87.1 cm³/mol. The Labute approximate surface area is 133 Å². The monoisotopic (exact) mass is 311 g/mol. The molecule has 1 aliphatic heterocycles.